The van der Waals surface area contributed by atoms with E-state index in [1.54, 1.807) is 0 Å². The fraction of sp³-hybridized carbons (Fsp3) is 0.464. The van der Waals surface area contributed by atoms with E-state index in [1.165, 1.54) is 27.7 Å². The van der Waals surface area contributed by atoms with Crippen molar-refractivity contribution in [1.82, 2.24) is 14.4 Å². The number of aromatic nitrogens is 1. The van der Waals surface area contributed by atoms with E-state index in [0.717, 1.165) is 38.2 Å². The van der Waals surface area contributed by atoms with Crippen LogP contribution in [-0.4, -0.2) is 64.8 Å². The Hall–Kier alpha value is -2.83. The number of likely N-dealkylation sites (tertiary alicyclic amines) is 1. The lowest BCUT2D eigenvalue weighted by molar-refractivity contribution is -0.127. The third-order valence-electron chi connectivity index (χ3n) is 6.85. The van der Waals surface area contributed by atoms with Crippen LogP contribution in [0.15, 0.2) is 48.5 Å². The normalized spacial score (nSPS) is 15.0. The van der Waals surface area contributed by atoms with Crippen LogP contribution in [0.5, 0.6) is 5.75 Å². The molecule has 0 bridgehead atoms. The average molecular weight is 464 g/mol. The van der Waals surface area contributed by atoms with Crippen molar-refractivity contribution in [3.05, 3.63) is 65.4 Å². The van der Waals surface area contributed by atoms with Crippen LogP contribution in [-0.2, 0) is 17.9 Å². The summed E-state index contributed by atoms with van der Waals surface area (Å²) in [5.74, 6) is 1.12. The van der Waals surface area contributed by atoms with Crippen molar-refractivity contribution in [2.24, 2.45) is 0 Å². The number of hydrogen-bond donors (Lipinski definition) is 1. The lowest BCUT2D eigenvalue weighted by Gasteiger charge is -2.22. The molecule has 182 valence electrons. The predicted molar refractivity (Wildman–Crippen MR) is 136 cm³/mol. The molecule has 2 heterocycles. The molecule has 0 aliphatic carbocycles. The largest absolute Gasteiger partial charge is 0.494 e. The number of ether oxygens (including phenoxy) is 1. The van der Waals surface area contributed by atoms with Crippen LogP contribution in [0.1, 0.15) is 36.1 Å². The summed E-state index contributed by atoms with van der Waals surface area (Å²) in [6.45, 7) is 8.49. The summed E-state index contributed by atoms with van der Waals surface area (Å²) in [5.41, 5.74) is 4.86. The first-order valence-electron chi connectivity index (χ1n) is 12.3. The van der Waals surface area contributed by atoms with Crippen LogP contribution in [0, 0.1) is 13.8 Å². The van der Waals surface area contributed by atoms with Gasteiger partial charge in [0.05, 0.1) is 19.3 Å². The summed E-state index contributed by atoms with van der Waals surface area (Å²) in [7, 11) is 2.04. The second kappa shape index (κ2) is 11.1. The fourth-order valence-corrected chi connectivity index (χ4v) is 4.92. The van der Waals surface area contributed by atoms with Gasteiger partial charge in [-0.05, 0) is 63.1 Å². The van der Waals surface area contributed by atoms with Gasteiger partial charge >= 0.3 is 0 Å². The summed E-state index contributed by atoms with van der Waals surface area (Å²) in [6, 6.07) is 16.5. The molecule has 1 N–H and O–H groups in total. The molecule has 6 heteroatoms. The lowest BCUT2D eigenvalue weighted by atomic mass is 10.2. The quantitative estimate of drug-likeness (QED) is 0.434. The van der Waals surface area contributed by atoms with Crippen molar-refractivity contribution in [2.75, 3.05) is 33.3 Å². The van der Waals surface area contributed by atoms with Crippen molar-refractivity contribution in [2.45, 2.75) is 52.3 Å². The number of benzene rings is 2. The number of carbonyl (C=O) groups is 1. The number of rotatable bonds is 11. The van der Waals surface area contributed by atoms with Gasteiger partial charge in [0.1, 0.15) is 5.75 Å². The van der Waals surface area contributed by atoms with Gasteiger partial charge in [-0.1, -0.05) is 30.3 Å². The number of aliphatic hydroxyl groups is 1. The zero-order valence-corrected chi connectivity index (χ0v) is 20.7. The number of likely N-dealkylation sites (N-methyl/N-ethyl adjacent to an activating group) is 1. The van der Waals surface area contributed by atoms with Crippen LogP contribution in [0.25, 0.3) is 10.9 Å². The number of carbonyl (C=O) groups excluding carboxylic acids is 1. The molecule has 0 spiro atoms. The maximum Gasteiger partial charge on any atom is 0.222 e. The predicted octanol–water partition coefficient (Wildman–Crippen LogP) is 4.14. The van der Waals surface area contributed by atoms with E-state index >= 15 is 0 Å². The van der Waals surface area contributed by atoms with Gasteiger partial charge in [-0.3, -0.25) is 9.69 Å². The first-order valence-corrected chi connectivity index (χ1v) is 12.3. The Balaban J connectivity index is 1.22. The molecule has 4 rings (SSSR count). The molecule has 1 aliphatic rings. The number of aliphatic hydroxyl groups excluding tert-OH is 1. The Morgan fingerprint density at radius 2 is 1.88 bits per heavy atom. The maximum atomic E-state index is 11.7. The molecule has 2 aromatic carbocycles. The summed E-state index contributed by atoms with van der Waals surface area (Å²) < 4.78 is 8.08. The van der Waals surface area contributed by atoms with Gasteiger partial charge in [0, 0.05) is 49.2 Å². The van der Waals surface area contributed by atoms with Gasteiger partial charge in [-0.15, -0.1) is 0 Å². The van der Waals surface area contributed by atoms with E-state index in [9.17, 15) is 9.90 Å². The lowest BCUT2D eigenvalue weighted by Crippen LogP contribution is -2.32. The number of fused-ring (bicyclic) bond motifs is 1. The topological polar surface area (TPSA) is 57.9 Å². The molecular formula is C28H37N3O3. The van der Waals surface area contributed by atoms with Gasteiger partial charge in [0.2, 0.25) is 5.91 Å². The smallest absolute Gasteiger partial charge is 0.222 e. The molecule has 1 aromatic heterocycles. The second-order valence-corrected chi connectivity index (χ2v) is 9.52. The minimum atomic E-state index is -0.455. The number of aryl methyl sites for hydroxylation is 1. The first kappa shape index (κ1) is 24.3. The second-order valence-electron chi connectivity index (χ2n) is 9.52. The third kappa shape index (κ3) is 5.80. The number of hydrogen-bond acceptors (Lipinski definition) is 4. The van der Waals surface area contributed by atoms with Crippen molar-refractivity contribution >= 4 is 16.8 Å². The fourth-order valence-electron chi connectivity index (χ4n) is 4.92. The molecule has 1 amide bonds. The average Bonchev–Trinajstić information content (AvgIpc) is 3.34. The summed E-state index contributed by atoms with van der Waals surface area (Å²) >= 11 is 0. The highest BCUT2D eigenvalue weighted by Gasteiger charge is 2.19. The van der Waals surface area contributed by atoms with Crippen LogP contribution >= 0.6 is 0 Å². The zero-order valence-electron chi connectivity index (χ0n) is 20.7. The van der Waals surface area contributed by atoms with Crippen molar-refractivity contribution in [3.8, 4) is 5.75 Å². The Morgan fingerprint density at radius 1 is 1.12 bits per heavy atom. The molecule has 1 saturated heterocycles. The van der Waals surface area contributed by atoms with Gasteiger partial charge in [0.25, 0.3) is 0 Å². The first-order chi connectivity index (χ1) is 16.4. The molecule has 0 radical (unpaired) electrons. The van der Waals surface area contributed by atoms with E-state index in [1.807, 2.05) is 24.1 Å². The van der Waals surface area contributed by atoms with Crippen LogP contribution < -0.4 is 4.74 Å². The molecule has 1 atom stereocenters. The summed E-state index contributed by atoms with van der Waals surface area (Å²) in [6.07, 6.45) is 2.07. The minimum Gasteiger partial charge on any atom is -0.494 e. The SMILES string of the molecule is Cc1c(C)n(C[C@@H](O)CN(C)Cc2ccc(OCCCN3CCCC3=O)cc2)c2ccccc12. The third-order valence-corrected chi connectivity index (χ3v) is 6.85. The molecule has 3 aromatic rings. The molecule has 0 unspecified atom stereocenters. The van der Waals surface area contributed by atoms with Gasteiger partial charge in [-0.2, -0.15) is 0 Å². The summed E-state index contributed by atoms with van der Waals surface area (Å²) in [4.78, 5) is 15.7. The minimum absolute atomic E-state index is 0.269. The van der Waals surface area contributed by atoms with E-state index < -0.39 is 6.10 Å². The molecule has 1 fully saturated rings. The van der Waals surface area contributed by atoms with Crippen molar-refractivity contribution in [3.63, 3.8) is 0 Å². The molecule has 1 aliphatic heterocycles. The highest BCUT2D eigenvalue weighted by Crippen LogP contribution is 2.25. The van der Waals surface area contributed by atoms with E-state index in [2.05, 4.69) is 59.7 Å². The molecule has 34 heavy (non-hydrogen) atoms. The Kier molecular flexibility index (Phi) is 7.91. The van der Waals surface area contributed by atoms with Crippen molar-refractivity contribution in [1.29, 1.82) is 0 Å². The maximum absolute atomic E-state index is 11.7. The summed E-state index contributed by atoms with van der Waals surface area (Å²) in [5, 5.41) is 12.1. The van der Waals surface area contributed by atoms with E-state index in [0.29, 0.717) is 26.1 Å². The molecule has 0 saturated carbocycles. The van der Waals surface area contributed by atoms with E-state index in [4.69, 9.17) is 4.74 Å². The number of para-hydroxylation sites is 1. The van der Waals surface area contributed by atoms with E-state index in [-0.39, 0.29) is 5.91 Å². The van der Waals surface area contributed by atoms with Crippen LogP contribution in [0.2, 0.25) is 0 Å². The number of amides is 1. The Labute approximate surface area is 202 Å². The van der Waals surface area contributed by atoms with Crippen molar-refractivity contribution < 1.29 is 14.6 Å². The van der Waals surface area contributed by atoms with Crippen LogP contribution in [0.3, 0.4) is 0 Å². The Morgan fingerprint density at radius 3 is 2.62 bits per heavy atom. The monoisotopic (exact) mass is 463 g/mol. The standard InChI is InChI=1S/C28H37N3O3/c1-21-22(2)31(27-9-5-4-8-26(21)27)20-24(32)19-29(3)18-23-11-13-25(14-12-23)34-17-7-16-30-15-6-10-28(30)33/h4-5,8-9,11-14,24,32H,6-7,10,15-20H2,1-3H3/t24-/m0/s1. The van der Waals surface area contributed by atoms with Crippen LogP contribution in [0.4, 0.5) is 0 Å². The molecule has 6 nitrogen and oxygen atoms in total. The number of nitrogens with zero attached hydrogens (tertiary/aromatic N) is 3. The highest BCUT2D eigenvalue weighted by atomic mass is 16.5. The van der Waals surface area contributed by atoms with Gasteiger partial charge in [-0.25, -0.2) is 0 Å². The molecular weight excluding hydrogens is 426 g/mol. The zero-order chi connectivity index (χ0) is 24.1. The highest BCUT2D eigenvalue weighted by molar-refractivity contribution is 5.85. The van der Waals surface area contributed by atoms with Gasteiger partial charge < -0.3 is 19.3 Å². The Bertz CT molecular complexity index is 1110. The van der Waals surface area contributed by atoms with Gasteiger partial charge in [0.15, 0.2) is 0 Å².